The lowest BCUT2D eigenvalue weighted by atomic mass is 10.1. The Hall–Kier alpha value is -3.22. The second kappa shape index (κ2) is 14.4. The van der Waals surface area contributed by atoms with E-state index in [1.165, 1.54) is 36.4 Å². The second-order valence-corrected chi connectivity index (χ2v) is 10.6. The number of alkyl halides is 1. The Morgan fingerprint density at radius 1 is 0.900 bits per heavy atom. The van der Waals surface area contributed by atoms with Gasteiger partial charge in [-0.15, -0.1) is 0 Å². The third-order valence-corrected chi connectivity index (χ3v) is 7.65. The molecule has 3 unspecified atom stereocenters. The van der Waals surface area contributed by atoms with E-state index >= 15 is 4.39 Å². The van der Waals surface area contributed by atoms with Gasteiger partial charge in [0.15, 0.2) is 18.4 Å². The zero-order valence-electron chi connectivity index (χ0n) is 20.6. The summed E-state index contributed by atoms with van der Waals surface area (Å²) in [6.45, 7) is -0.875. The molecular formula is C26H21Cl3FNO8S. The average Bonchev–Trinajstić information content (AvgIpc) is 2.95. The van der Waals surface area contributed by atoms with Gasteiger partial charge in [-0.3, -0.25) is 4.18 Å². The number of esters is 2. The predicted molar refractivity (Wildman–Crippen MR) is 146 cm³/mol. The molecule has 3 aromatic carbocycles. The van der Waals surface area contributed by atoms with Crippen LogP contribution in [-0.4, -0.2) is 58.7 Å². The molecule has 9 nitrogen and oxygen atoms in total. The lowest BCUT2D eigenvalue weighted by Crippen LogP contribution is -2.45. The number of carbonyl (C=O) groups is 2. The van der Waals surface area contributed by atoms with E-state index in [-0.39, 0.29) is 26.2 Å². The number of benzene rings is 3. The van der Waals surface area contributed by atoms with Gasteiger partial charge in [-0.2, -0.15) is 8.42 Å². The lowest BCUT2D eigenvalue weighted by Gasteiger charge is -2.27. The normalized spacial score (nSPS) is 13.8. The highest BCUT2D eigenvalue weighted by atomic mass is 35.5. The number of hydrogen-bond donors (Lipinski definition) is 0. The fraction of sp³-hybridized carbons (Fsp3) is 0.192. The Morgan fingerprint density at radius 2 is 1.45 bits per heavy atom. The zero-order chi connectivity index (χ0) is 29.3. The molecule has 0 aromatic heterocycles. The highest BCUT2D eigenvalue weighted by Gasteiger charge is 2.39. The van der Waals surface area contributed by atoms with Crippen molar-refractivity contribution in [3.05, 3.63) is 99.0 Å². The van der Waals surface area contributed by atoms with Gasteiger partial charge in [0.2, 0.25) is 0 Å². The van der Waals surface area contributed by atoms with E-state index in [0.717, 1.165) is 19.2 Å². The smallest absolute Gasteiger partial charge is 0.338 e. The number of hydrogen-bond acceptors (Lipinski definition) is 9. The number of ether oxygens (including phenoxy) is 2. The number of nitrogens with zero attached hydrogens (tertiary/aromatic N) is 1. The first-order valence-electron chi connectivity index (χ1n) is 11.3. The summed E-state index contributed by atoms with van der Waals surface area (Å²) < 4.78 is 57.8. The Labute approximate surface area is 244 Å². The Morgan fingerprint density at radius 3 is 2.02 bits per heavy atom. The molecule has 40 heavy (non-hydrogen) atoms. The summed E-state index contributed by atoms with van der Waals surface area (Å²) in [4.78, 5) is 29.3. The van der Waals surface area contributed by atoms with Crippen molar-refractivity contribution in [1.29, 1.82) is 0 Å². The highest BCUT2D eigenvalue weighted by Crippen LogP contribution is 2.33. The van der Waals surface area contributed by atoms with Crippen LogP contribution in [-0.2, 0) is 28.6 Å². The van der Waals surface area contributed by atoms with Crippen LogP contribution in [0.2, 0.25) is 15.1 Å². The van der Waals surface area contributed by atoms with Crippen LogP contribution in [0, 0.1) is 0 Å². The molecular weight excluding hydrogens is 612 g/mol. The molecule has 212 valence electrons. The maximum atomic E-state index is 15.4. The molecule has 0 fully saturated rings. The molecule has 3 aromatic rings. The van der Waals surface area contributed by atoms with Crippen molar-refractivity contribution in [2.24, 2.45) is 5.16 Å². The number of rotatable bonds is 12. The van der Waals surface area contributed by atoms with Gasteiger partial charge in [0.05, 0.1) is 32.4 Å². The summed E-state index contributed by atoms with van der Waals surface area (Å²) in [7, 11) is -3.70. The summed E-state index contributed by atoms with van der Waals surface area (Å²) in [6, 6.07) is 17.2. The van der Waals surface area contributed by atoms with Gasteiger partial charge in [-0.1, -0.05) is 76.4 Å². The molecule has 0 saturated heterocycles. The first-order chi connectivity index (χ1) is 19.0. The molecule has 0 radical (unpaired) electrons. The first kappa shape index (κ1) is 31.3. The molecule has 0 N–H and O–H groups in total. The maximum Gasteiger partial charge on any atom is 0.338 e. The zero-order valence-corrected chi connectivity index (χ0v) is 23.7. The summed E-state index contributed by atoms with van der Waals surface area (Å²) in [6.07, 6.45) is -5.61. The molecule has 0 heterocycles. The van der Waals surface area contributed by atoms with Gasteiger partial charge >= 0.3 is 11.9 Å². The Balaban J connectivity index is 2.01. The Kier molecular flexibility index (Phi) is 11.3. The molecule has 3 rings (SSSR count). The molecule has 0 saturated carbocycles. The minimum atomic E-state index is -4.84. The van der Waals surface area contributed by atoms with Crippen LogP contribution in [0.3, 0.4) is 0 Å². The standard InChI is InChI=1S/C26H21Cl3FNO8S/c1-36-31-14-21(30)24(38-26(33)17-10-6-3-7-11-17)22(15-37-25(32)16-8-4-2-5-9-16)39-40(34,35)23-13-19(28)18(27)12-20(23)29/h2-14,21-22,24H,15H2,1H3. The Bertz CT molecular complexity index is 1460. The van der Waals surface area contributed by atoms with Crippen LogP contribution in [0.5, 0.6) is 0 Å². The average molecular weight is 633 g/mol. The lowest BCUT2D eigenvalue weighted by molar-refractivity contribution is -0.0478. The van der Waals surface area contributed by atoms with Crippen molar-refractivity contribution in [2.75, 3.05) is 13.7 Å². The van der Waals surface area contributed by atoms with E-state index in [9.17, 15) is 18.0 Å². The molecule has 14 heteroatoms. The largest absolute Gasteiger partial charge is 0.459 e. The van der Waals surface area contributed by atoms with Crippen molar-refractivity contribution in [3.8, 4) is 0 Å². The van der Waals surface area contributed by atoms with Crippen molar-refractivity contribution in [3.63, 3.8) is 0 Å². The van der Waals surface area contributed by atoms with E-state index in [1.807, 2.05) is 0 Å². The van der Waals surface area contributed by atoms with Crippen molar-refractivity contribution in [1.82, 2.24) is 0 Å². The number of carbonyl (C=O) groups excluding carboxylic acids is 2. The summed E-state index contributed by atoms with van der Waals surface area (Å²) in [5.74, 6) is -1.90. The third kappa shape index (κ3) is 8.39. The topological polar surface area (TPSA) is 118 Å². The van der Waals surface area contributed by atoms with Crippen molar-refractivity contribution < 1.29 is 40.9 Å². The van der Waals surface area contributed by atoms with Crippen LogP contribution in [0.25, 0.3) is 0 Å². The van der Waals surface area contributed by atoms with E-state index in [1.54, 1.807) is 24.3 Å². The van der Waals surface area contributed by atoms with Gasteiger partial charge in [0.25, 0.3) is 10.1 Å². The van der Waals surface area contributed by atoms with E-state index in [0.29, 0.717) is 6.21 Å². The monoisotopic (exact) mass is 631 g/mol. The quantitative estimate of drug-likeness (QED) is 0.0812. The van der Waals surface area contributed by atoms with E-state index in [2.05, 4.69) is 9.99 Å². The van der Waals surface area contributed by atoms with Gasteiger partial charge in [-0.25, -0.2) is 14.0 Å². The summed E-state index contributed by atoms with van der Waals surface area (Å²) in [5, 5.41) is 2.78. The van der Waals surface area contributed by atoms with Gasteiger partial charge in [0.1, 0.15) is 18.6 Å². The summed E-state index contributed by atoms with van der Waals surface area (Å²) >= 11 is 17.9. The molecule has 3 atom stereocenters. The first-order valence-corrected chi connectivity index (χ1v) is 13.8. The number of halogens is 4. The third-order valence-electron chi connectivity index (χ3n) is 5.12. The fourth-order valence-electron chi connectivity index (χ4n) is 3.22. The predicted octanol–water partition coefficient (Wildman–Crippen LogP) is 5.77. The van der Waals surface area contributed by atoms with Crippen LogP contribution in [0.1, 0.15) is 20.7 Å². The second-order valence-electron chi connectivity index (χ2n) is 7.87. The van der Waals surface area contributed by atoms with Crippen LogP contribution in [0.15, 0.2) is 82.8 Å². The van der Waals surface area contributed by atoms with Crippen molar-refractivity contribution in [2.45, 2.75) is 23.3 Å². The number of oxime groups is 1. The molecule has 0 bridgehead atoms. The van der Waals surface area contributed by atoms with E-state index < -0.39 is 51.9 Å². The molecule has 0 aliphatic heterocycles. The van der Waals surface area contributed by atoms with Crippen LogP contribution in [0.4, 0.5) is 4.39 Å². The van der Waals surface area contributed by atoms with Gasteiger partial charge < -0.3 is 14.3 Å². The minimum Gasteiger partial charge on any atom is -0.459 e. The van der Waals surface area contributed by atoms with E-state index in [4.69, 9.17) is 48.5 Å². The van der Waals surface area contributed by atoms with Crippen LogP contribution >= 0.6 is 34.8 Å². The molecule has 0 spiro atoms. The SMILES string of the molecule is CON=CC(F)C(OC(=O)c1ccccc1)C(COC(=O)c1ccccc1)OS(=O)(=O)c1cc(Cl)c(Cl)cc1Cl. The van der Waals surface area contributed by atoms with Crippen molar-refractivity contribution >= 4 is 63.1 Å². The fourth-order valence-corrected chi connectivity index (χ4v) is 5.27. The minimum absolute atomic E-state index is 0.0267. The van der Waals surface area contributed by atoms with Gasteiger partial charge in [0, 0.05) is 0 Å². The van der Waals surface area contributed by atoms with Gasteiger partial charge in [-0.05, 0) is 36.4 Å². The molecule has 0 aliphatic carbocycles. The highest BCUT2D eigenvalue weighted by molar-refractivity contribution is 7.87. The molecule has 0 amide bonds. The maximum absolute atomic E-state index is 15.4. The molecule has 0 aliphatic rings. The van der Waals surface area contributed by atoms with Crippen LogP contribution < -0.4 is 0 Å². The summed E-state index contributed by atoms with van der Waals surface area (Å²) in [5.41, 5.74) is 0.144.